The van der Waals surface area contributed by atoms with E-state index in [1.807, 2.05) is 18.2 Å². The van der Waals surface area contributed by atoms with Crippen molar-refractivity contribution in [2.24, 2.45) is 0 Å². The highest BCUT2D eigenvalue weighted by atomic mass is 15.1. The molecule has 0 atom stereocenters. The van der Waals surface area contributed by atoms with Crippen LogP contribution in [0.5, 0.6) is 0 Å². The summed E-state index contributed by atoms with van der Waals surface area (Å²) in [5, 5.41) is 0. The summed E-state index contributed by atoms with van der Waals surface area (Å²) in [6, 6.07) is 5.72. The van der Waals surface area contributed by atoms with Gasteiger partial charge >= 0.3 is 0 Å². The van der Waals surface area contributed by atoms with Crippen molar-refractivity contribution in [2.75, 3.05) is 13.1 Å². The van der Waals surface area contributed by atoms with Crippen LogP contribution in [0.1, 0.15) is 104 Å². The molecule has 0 amide bonds. The highest BCUT2D eigenvalue weighted by Crippen LogP contribution is 2.13. The lowest BCUT2D eigenvalue weighted by molar-refractivity contribution is 0.390. The normalized spacial score (nSPS) is 13.0. The molecule has 2 heterocycles. The molecule has 0 saturated carbocycles. The molecular weight excluding hydrogens is 352 g/mol. The molecule has 0 aromatic carbocycles. The van der Waals surface area contributed by atoms with Gasteiger partial charge < -0.3 is 4.90 Å². The summed E-state index contributed by atoms with van der Waals surface area (Å²) >= 11 is 0. The van der Waals surface area contributed by atoms with E-state index in [1.165, 1.54) is 102 Å². The monoisotopic (exact) mass is 398 g/mol. The fourth-order valence-electron chi connectivity index (χ4n) is 3.60. The van der Waals surface area contributed by atoms with Crippen LogP contribution in [-0.4, -0.2) is 23.0 Å². The molecule has 0 fully saturated rings. The van der Waals surface area contributed by atoms with Crippen LogP contribution in [0.2, 0.25) is 0 Å². The third-order valence-electron chi connectivity index (χ3n) is 5.56. The van der Waals surface area contributed by atoms with Crippen LogP contribution in [0.3, 0.4) is 0 Å². The summed E-state index contributed by atoms with van der Waals surface area (Å²) in [6.07, 6.45) is 30.5. The maximum Gasteiger partial charge on any atom is 0.0359 e. The Labute approximate surface area is 181 Å². The zero-order valence-electron chi connectivity index (χ0n) is 19.3. The van der Waals surface area contributed by atoms with Crippen molar-refractivity contribution < 1.29 is 0 Å². The molecule has 1 aromatic rings. The Morgan fingerprint density at radius 2 is 1.24 bits per heavy atom. The minimum Gasteiger partial charge on any atom is -0.374 e. The number of nitrogens with zero attached hydrogens (tertiary/aromatic N) is 2. The second kappa shape index (κ2) is 19.7. The maximum atomic E-state index is 3.78. The minimum absolute atomic E-state index is 1.11. The lowest BCUT2D eigenvalue weighted by atomic mass is 10.0. The quantitative estimate of drug-likeness (QED) is 0.276. The van der Waals surface area contributed by atoms with Gasteiger partial charge in [0.05, 0.1) is 0 Å². The highest BCUT2D eigenvalue weighted by molar-refractivity contribution is 5.19. The Morgan fingerprint density at radius 3 is 1.62 bits per heavy atom. The molecule has 1 aliphatic rings. The van der Waals surface area contributed by atoms with E-state index in [4.69, 9.17) is 0 Å². The van der Waals surface area contributed by atoms with Crippen LogP contribution in [0.15, 0.2) is 54.5 Å². The predicted molar refractivity (Wildman–Crippen MR) is 129 cm³/mol. The fraction of sp³-hybridized carbons (Fsp3) is 0.667. The predicted octanol–water partition coefficient (Wildman–Crippen LogP) is 8.32. The first-order valence-corrected chi connectivity index (χ1v) is 12.3. The van der Waals surface area contributed by atoms with Crippen LogP contribution in [0.25, 0.3) is 0 Å². The van der Waals surface area contributed by atoms with Crippen molar-refractivity contribution in [1.82, 2.24) is 9.88 Å². The first kappa shape index (κ1) is 25.5. The zero-order chi connectivity index (χ0) is 20.8. The standard InChI is InChI=1S/C22H41N.C5H5N/c1-3-4-5-6-7-8-9-10-11-12-13-14-15-16-19-23-20-17-22(2)18-21-23;1-2-4-6-5-3-1/h17-18,20H,3-16,19,21H2,1-2H3;1-5H. The molecule has 1 aliphatic heterocycles. The minimum atomic E-state index is 1.11. The van der Waals surface area contributed by atoms with Gasteiger partial charge in [0.1, 0.15) is 0 Å². The van der Waals surface area contributed by atoms with E-state index in [2.05, 4.69) is 42.1 Å². The number of hydrogen-bond acceptors (Lipinski definition) is 2. The number of unbranched alkanes of at least 4 members (excludes halogenated alkanes) is 13. The van der Waals surface area contributed by atoms with E-state index in [-0.39, 0.29) is 0 Å². The van der Waals surface area contributed by atoms with Gasteiger partial charge in [0.2, 0.25) is 0 Å². The van der Waals surface area contributed by atoms with E-state index >= 15 is 0 Å². The zero-order valence-corrected chi connectivity index (χ0v) is 19.3. The maximum absolute atomic E-state index is 3.78. The Bertz CT molecular complexity index is 480. The van der Waals surface area contributed by atoms with Crippen molar-refractivity contribution in [3.8, 4) is 0 Å². The second-order valence-electron chi connectivity index (χ2n) is 8.38. The van der Waals surface area contributed by atoms with Crippen molar-refractivity contribution in [2.45, 2.75) is 104 Å². The summed E-state index contributed by atoms with van der Waals surface area (Å²) in [5.74, 6) is 0. The fourth-order valence-corrected chi connectivity index (χ4v) is 3.60. The van der Waals surface area contributed by atoms with E-state index in [9.17, 15) is 0 Å². The molecule has 0 N–H and O–H groups in total. The molecular formula is C27H46N2. The average Bonchev–Trinajstić information content (AvgIpc) is 2.77. The number of allylic oxidation sites excluding steroid dienone is 2. The average molecular weight is 399 g/mol. The molecule has 2 heteroatoms. The van der Waals surface area contributed by atoms with Crippen molar-refractivity contribution in [1.29, 1.82) is 0 Å². The van der Waals surface area contributed by atoms with Crippen LogP contribution < -0.4 is 0 Å². The molecule has 0 radical (unpaired) electrons. The molecule has 0 spiro atoms. The third-order valence-corrected chi connectivity index (χ3v) is 5.56. The van der Waals surface area contributed by atoms with Gasteiger partial charge in [-0.15, -0.1) is 0 Å². The topological polar surface area (TPSA) is 16.1 Å². The smallest absolute Gasteiger partial charge is 0.0359 e. The molecule has 29 heavy (non-hydrogen) atoms. The second-order valence-corrected chi connectivity index (χ2v) is 8.38. The first-order valence-electron chi connectivity index (χ1n) is 12.3. The summed E-state index contributed by atoms with van der Waals surface area (Å²) in [7, 11) is 0. The lowest BCUT2D eigenvalue weighted by Crippen LogP contribution is -2.20. The van der Waals surface area contributed by atoms with Gasteiger partial charge in [0.15, 0.2) is 0 Å². The van der Waals surface area contributed by atoms with Crippen molar-refractivity contribution in [3.63, 3.8) is 0 Å². The van der Waals surface area contributed by atoms with Gasteiger partial charge in [0, 0.05) is 25.5 Å². The van der Waals surface area contributed by atoms with E-state index < -0.39 is 0 Å². The Morgan fingerprint density at radius 1 is 0.724 bits per heavy atom. The van der Waals surface area contributed by atoms with Crippen molar-refractivity contribution in [3.05, 3.63) is 54.5 Å². The van der Waals surface area contributed by atoms with Gasteiger partial charge in [-0.1, -0.05) is 108 Å². The largest absolute Gasteiger partial charge is 0.374 e. The van der Waals surface area contributed by atoms with Crippen LogP contribution in [0, 0.1) is 0 Å². The van der Waals surface area contributed by atoms with Crippen LogP contribution in [-0.2, 0) is 0 Å². The Kier molecular flexibility index (Phi) is 17.3. The molecule has 2 nitrogen and oxygen atoms in total. The molecule has 0 aliphatic carbocycles. The number of hydrogen-bond donors (Lipinski definition) is 0. The molecule has 0 unspecified atom stereocenters. The van der Waals surface area contributed by atoms with Crippen LogP contribution >= 0.6 is 0 Å². The van der Waals surface area contributed by atoms with Crippen LogP contribution in [0.4, 0.5) is 0 Å². The van der Waals surface area contributed by atoms with E-state index in [1.54, 1.807) is 12.4 Å². The van der Waals surface area contributed by atoms with Gasteiger partial charge in [-0.25, -0.2) is 0 Å². The summed E-state index contributed by atoms with van der Waals surface area (Å²) in [4.78, 5) is 6.22. The lowest BCUT2D eigenvalue weighted by Gasteiger charge is -2.21. The number of aromatic nitrogens is 1. The van der Waals surface area contributed by atoms with Gasteiger partial charge in [-0.3, -0.25) is 4.98 Å². The van der Waals surface area contributed by atoms with Crippen molar-refractivity contribution >= 4 is 0 Å². The number of rotatable bonds is 15. The van der Waals surface area contributed by atoms with Gasteiger partial charge in [-0.2, -0.15) is 0 Å². The molecule has 0 saturated heterocycles. The van der Waals surface area contributed by atoms with Gasteiger partial charge in [-0.05, 0) is 37.8 Å². The molecule has 164 valence electrons. The van der Waals surface area contributed by atoms with Gasteiger partial charge in [0.25, 0.3) is 0 Å². The Hall–Kier alpha value is -1.57. The SMILES string of the molecule is CCCCCCCCCCCCCCCCN1C=CC(C)=CC1.c1ccncc1. The molecule has 1 aromatic heterocycles. The summed E-state index contributed by atoms with van der Waals surface area (Å²) in [5.41, 5.74) is 1.40. The number of pyridine rings is 1. The molecule has 2 rings (SSSR count). The highest BCUT2D eigenvalue weighted by Gasteiger charge is 2.01. The summed E-state index contributed by atoms with van der Waals surface area (Å²) in [6.45, 7) is 6.82. The molecule has 0 bridgehead atoms. The Balaban J connectivity index is 0.000000594. The first-order chi connectivity index (χ1) is 14.3. The summed E-state index contributed by atoms with van der Waals surface area (Å²) < 4.78 is 0. The van der Waals surface area contributed by atoms with E-state index in [0.29, 0.717) is 0 Å². The third kappa shape index (κ3) is 17.0. The van der Waals surface area contributed by atoms with E-state index in [0.717, 1.165) is 6.54 Å².